The molecule has 0 heterocycles. The summed E-state index contributed by atoms with van der Waals surface area (Å²) in [6, 6.07) is 9.95. The number of hydrogen-bond donors (Lipinski definition) is 1. The highest BCUT2D eigenvalue weighted by Gasteiger charge is 2.19. The van der Waals surface area contributed by atoms with Gasteiger partial charge in [0, 0.05) is 22.7 Å². The Labute approximate surface area is 155 Å². The van der Waals surface area contributed by atoms with Crippen LogP contribution in [-0.2, 0) is 9.59 Å². The van der Waals surface area contributed by atoms with E-state index in [0.717, 1.165) is 5.56 Å². The lowest BCUT2D eigenvalue weighted by Gasteiger charge is -2.23. The van der Waals surface area contributed by atoms with Gasteiger partial charge in [0.25, 0.3) is 0 Å². The second-order valence-electron chi connectivity index (χ2n) is 5.16. The third kappa shape index (κ3) is 4.41. The summed E-state index contributed by atoms with van der Waals surface area (Å²) < 4.78 is 0. The summed E-state index contributed by atoms with van der Waals surface area (Å²) in [6.45, 7) is 3.03. The number of halogens is 3. The van der Waals surface area contributed by atoms with Crippen molar-refractivity contribution in [2.45, 2.75) is 13.8 Å². The summed E-state index contributed by atoms with van der Waals surface area (Å²) in [7, 11) is 0. The Hall–Kier alpha value is -1.75. The molecule has 0 radical (unpaired) electrons. The molecule has 24 heavy (non-hydrogen) atoms. The van der Waals surface area contributed by atoms with Crippen molar-refractivity contribution < 1.29 is 9.59 Å². The van der Waals surface area contributed by atoms with Gasteiger partial charge < -0.3 is 10.2 Å². The molecule has 7 heteroatoms. The Morgan fingerprint density at radius 2 is 1.79 bits per heavy atom. The van der Waals surface area contributed by atoms with Gasteiger partial charge in [-0.2, -0.15) is 0 Å². The van der Waals surface area contributed by atoms with Crippen molar-refractivity contribution in [3.05, 3.63) is 57.0 Å². The van der Waals surface area contributed by atoms with Crippen molar-refractivity contribution in [3.63, 3.8) is 0 Å². The van der Waals surface area contributed by atoms with E-state index in [4.69, 9.17) is 34.8 Å². The lowest BCUT2D eigenvalue weighted by molar-refractivity contribution is -0.120. The Morgan fingerprint density at radius 1 is 1.08 bits per heavy atom. The predicted octanol–water partition coefficient (Wildman–Crippen LogP) is 4.95. The number of nitrogens with one attached hydrogen (secondary N) is 1. The van der Waals surface area contributed by atoms with E-state index in [1.165, 1.54) is 17.9 Å². The zero-order chi connectivity index (χ0) is 17.9. The molecule has 0 bridgehead atoms. The number of amides is 2. The molecule has 0 aromatic heterocycles. The van der Waals surface area contributed by atoms with E-state index in [-0.39, 0.29) is 18.4 Å². The van der Waals surface area contributed by atoms with Crippen LogP contribution in [0.1, 0.15) is 12.5 Å². The fourth-order valence-electron chi connectivity index (χ4n) is 2.18. The lowest BCUT2D eigenvalue weighted by Crippen LogP contribution is -2.37. The van der Waals surface area contributed by atoms with Crippen LogP contribution in [0, 0.1) is 6.92 Å². The number of nitrogens with zero attached hydrogens (tertiary/aromatic N) is 1. The molecule has 0 saturated carbocycles. The quantitative estimate of drug-likeness (QED) is 0.810. The first-order chi connectivity index (χ1) is 11.3. The van der Waals surface area contributed by atoms with Crippen LogP contribution in [0.25, 0.3) is 0 Å². The SMILES string of the molecule is CC(=O)N(CC(=O)Nc1ccc(Cl)cc1Cl)c1cccc(Cl)c1C. The largest absolute Gasteiger partial charge is 0.323 e. The zero-order valence-electron chi connectivity index (χ0n) is 13.1. The van der Waals surface area contributed by atoms with Gasteiger partial charge in [-0.05, 0) is 42.8 Å². The zero-order valence-corrected chi connectivity index (χ0v) is 15.3. The molecule has 2 amide bonds. The minimum absolute atomic E-state index is 0.157. The van der Waals surface area contributed by atoms with Crippen LogP contribution in [0.2, 0.25) is 15.1 Å². The molecule has 0 aliphatic heterocycles. The highest BCUT2D eigenvalue weighted by atomic mass is 35.5. The minimum atomic E-state index is -0.381. The molecular weight excluding hydrogens is 371 g/mol. The van der Waals surface area contributed by atoms with E-state index < -0.39 is 0 Å². The van der Waals surface area contributed by atoms with Gasteiger partial charge in [-0.3, -0.25) is 9.59 Å². The van der Waals surface area contributed by atoms with Crippen LogP contribution in [-0.4, -0.2) is 18.4 Å². The summed E-state index contributed by atoms with van der Waals surface area (Å²) in [5.74, 6) is -0.647. The molecule has 1 N–H and O–H groups in total. The van der Waals surface area contributed by atoms with Crippen LogP contribution in [0.3, 0.4) is 0 Å². The Bertz CT molecular complexity index is 793. The normalized spacial score (nSPS) is 10.4. The summed E-state index contributed by atoms with van der Waals surface area (Å²) in [5.41, 5.74) is 1.75. The number of rotatable bonds is 4. The number of carbonyl (C=O) groups is 2. The molecule has 2 aromatic carbocycles. The first kappa shape index (κ1) is 18.6. The van der Waals surface area contributed by atoms with E-state index in [1.807, 2.05) is 0 Å². The summed E-state index contributed by atoms with van der Waals surface area (Å²) in [6.07, 6.45) is 0. The number of anilines is 2. The molecule has 2 rings (SSSR count). The van der Waals surface area contributed by atoms with Crippen LogP contribution < -0.4 is 10.2 Å². The van der Waals surface area contributed by atoms with Crippen molar-refractivity contribution in [1.29, 1.82) is 0 Å². The van der Waals surface area contributed by atoms with Gasteiger partial charge in [0.05, 0.1) is 10.7 Å². The average molecular weight is 386 g/mol. The molecular formula is C17H15Cl3N2O2. The molecule has 0 fully saturated rings. The molecule has 2 aromatic rings. The van der Waals surface area contributed by atoms with Gasteiger partial charge in [0.2, 0.25) is 11.8 Å². The van der Waals surface area contributed by atoms with Gasteiger partial charge >= 0.3 is 0 Å². The number of hydrogen-bond acceptors (Lipinski definition) is 2. The van der Waals surface area contributed by atoms with Crippen molar-refractivity contribution in [1.82, 2.24) is 0 Å². The fraction of sp³-hybridized carbons (Fsp3) is 0.176. The van der Waals surface area contributed by atoms with Gasteiger partial charge in [-0.1, -0.05) is 40.9 Å². The monoisotopic (exact) mass is 384 g/mol. The summed E-state index contributed by atoms with van der Waals surface area (Å²) in [4.78, 5) is 25.6. The maximum atomic E-state index is 12.3. The molecule has 0 aliphatic rings. The molecule has 0 saturated heterocycles. The van der Waals surface area contributed by atoms with Gasteiger partial charge in [0.1, 0.15) is 6.54 Å². The first-order valence-electron chi connectivity index (χ1n) is 7.07. The second-order valence-corrected chi connectivity index (χ2v) is 6.41. The van der Waals surface area contributed by atoms with Crippen molar-refractivity contribution >= 4 is 58.0 Å². The topological polar surface area (TPSA) is 49.4 Å². The fourth-order valence-corrected chi connectivity index (χ4v) is 2.80. The summed E-state index contributed by atoms with van der Waals surface area (Å²) in [5, 5.41) is 3.99. The van der Waals surface area contributed by atoms with E-state index in [0.29, 0.717) is 26.4 Å². The van der Waals surface area contributed by atoms with Gasteiger partial charge in [-0.15, -0.1) is 0 Å². The maximum absolute atomic E-state index is 12.3. The van der Waals surface area contributed by atoms with E-state index in [2.05, 4.69) is 5.32 Å². The smallest absolute Gasteiger partial charge is 0.244 e. The third-order valence-corrected chi connectivity index (χ3v) is 4.37. The maximum Gasteiger partial charge on any atom is 0.244 e. The van der Waals surface area contributed by atoms with Crippen molar-refractivity contribution in [2.75, 3.05) is 16.8 Å². The molecule has 0 atom stereocenters. The average Bonchev–Trinajstić information content (AvgIpc) is 2.50. The number of benzene rings is 2. The number of carbonyl (C=O) groups excluding carboxylic acids is 2. The molecule has 0 aliphatic carbocycles. The predicted molar refractivity (Wildman–Crippen MR) is 99.3 cm³/mol. The molecule has 126 valence electrons. The van der Waals surface area contributed by atoms with E-state index >= 15 is 0 Å². The minimum Gasteiger partial charge on any atom is -0.323 e. The van der Waals surface area contributed by atoms with Gasteiger partial charge in [0.15, 0.2) is 0 Å². The molecule has 0 unspecified atom stereocenters. The van der Waals surface area contributed by atoms with Crippen LogP contribution in [0.15, 0.2) is 36.4 Å². The van der Waals surface area contributed by atoms with Crippen LogP contribution >= 0.6 is 34.8 Å². The van der Waals surface area contributed by atoms with E-state index in [1.54, 1.807) is 37.3 Å². The van der Waals surface area contributed by atoms with Crippen LogP contribution in [0.5, 0.6) is 0 Å². The summed E-state index contributed by atoms with van der Waals surface area (Å²) >= 11 is 18.0. The lowest BCUT2D eigenvalue weighted by atomic mass is 10.1. The van der Waals surface area contributed by atoms with Crippen molar-refractivity contribution in [3.8, 4) is 0 Å². The second kappa shape index (κ2) is 7.88. The van der Waals surface area contributed by atoms with Gasteiger partial charge in [-0.25, -0.2) is 0 Å². The van der Waals surface area contributed by atoms with E-state index in [9.17, 15) is 9.59 Å². The van der Waals surface area contributed by atoms with Crippen LogP contribution in [0.4, 0.5) is 11.4 Å². The highest BCUT2D eigenvalue weighted by Crippen LogP contribution is 2.28. The molecule has 0 spiro atoms. The molecule has 4 nitrogen and oxygen atoms in total. The van der Waals surface area contributed by atoms with Crippen molar-refractivity contribution in [2.24, 2.45) is 0 Å². The Balaban J connectivity index is 2.20. The first-order valence-corrected chi connectivity index (χ1v) is 8.21. The highest BCUT2D eigenvalue weighted by molar-refractivity contribution is 6.36. The Morgan fingerprint density at radius 3 is 2.42 bits per heavy atom. The Kier molecular flexibility index (Phi) is 6.10. The standard InChI is InChI=1S/C17H15Cl3N2O2/c1-10-13(19)4-3-5-16(10)22(11(2)23)9-17(24)21-15-7-6-12(18)8-14(15)20/h3-8H,9H2,1-2H3,(H,21,24). The third-order valence-electron chi connectivity index (χ3n) is 3.42.